The van der Waals surface area contributed by atoms with Crippen molar-refractivity contribution < 1.29 is 19.1 Å². The number of carbonyl (C=O) groups excluding carboxylic acids is 2. The molecule has 0 radical (unpaired) electrons. The van der Waals surface area contributed by atoms with Crippen LogP contribution in [0.5, 0.6) is 0 Å². The minimum absolute atomic E-state index is 0.0841. The van der Waals surface area contributed by atoms with Gasteiger partial charge in [0.2, 0.25) is 5.91 Å². The number of nitrogens with one attached hydrogen (secondary N) is 1. The standard InChI is InChI=1S/C25H35NO4/c1-24(2,3)30-23(28)10-9-22(27)26-17-6-8-18-16(15-17)5-7-20-19(18)11-13-25(4)21(20)12-14-29-25/h6,8,15,19-21H,5,7,9-14H2,1-4H3,(H,26,27)/t19?,20?,21?,25-/m0/s1. The lowest BCUT2D eigenvalue weighted by Crippen LogP contribution is -2.44. The highest BCUT2D eigenvalue weighted by atomic mass is 16.6. The van der Waals surface area contributed by atoms with Gasteiger partial charge in [0, 0.05) is 18.7 Å². The highest BCUT2D eigenvalue weighted by Crippen LogP contribution is 2.55. The SMILES string of the molecule is CC(C)(C)OC(=O)CCC(=O)Nc1ccc2c(c1)CCC1C2CC[C@]2(C)OCCC12. The van der Waals surface area contributed by atoms with Crippen LogP contribution in [0.1, 0.15) is 83.3 Å². The molecule has 5 heteroatoms. The van der Waals surface area contributed by atoms with Crippen LogP contribution in [0.2, 0.25) is 0 Å². The van der Waals surface area contributed by atoms with Crippen LogP contribution in [0.4, 0.5) is 5.69 Å². The average Bonchev–Trinajstić information content (AvgIpc) is 3.06. The molecule has 30 heavy (non-hydrogen) atoms. The van der Waals surface area contributed by atoms with Crippen molar-refractivity contribution >= 4 is 17.6 Å². The van der Waals surface area contributed by atoms with Gasteiger partial charge in [-0.25, -0.2) is 0 Å². The molecule has 1 aliphatic heterocycles. The van der Waals surface area contributed by atoms with E-state index in [1.165, 1.54) is 30.4 Å². The molecule has 3 aliphatic rings. The molecule has 3 unspecified atom stereocenters. The number of ether oxygens (including phenoxy) is 2. The predicted octanol–water partition coefficient (Wildman–Crippen LogP) is 4.98. The summed E-state index contributed by atoms with van der Waals surface area (Å²) in [7, 11) is 0. The maximum Gasteiger partial charge on any atom is 0.306 e. The molecule has 2 aliphatic carbocycles. The number of hydrogen-bond donors (Lipinski definition) is 1. The molecular weight excluding hydrogens is 378 g/mol. The summed E-state index contributed by atoms with van der Waals surface area (Å²) in [5, 5.41) is 2.96. The van der Waals surface area contributed by atoms with E-state index in [1.54, 1.807) is 0 Å². The number of amides is 1. The monoisotopic (exact) mass is 413 g/mol. The van der Waals surface area contributed by atoms with Crippen molar-refractivity contribution in [3.63, 3.8) is 0 Å². The lowest BCUT2D eigenvalue weighted by atomic mass is 9.59. The summed E-state index contributed by atoms with van der Waals surface area (Å²) in [6.07, 6.45) is 6.02. The van der Waals surface area contributed by atoms with E-state index >= 15 is 0 Å². The van der Waals surface area contributed by atoms with Crippen molar-refractivity contribution in [1.82, 2.24) is 0 Å². The molecule has 1 N–H and O–H groups in total. The minimum Gasteiger partial charge on any atom is -0.460 e. The molecule has 5 nitrogen and oxygen atoms in total. The number of rotatable bonds is 4. The first-order valence-electron chi connectivity index (χ1n) is 11.4. The Labute approximate surface area is 179 Å². The fraction of sp³-hybridized carbons (Fsp3) is 0.680. The van der Waals surface area contributed by atoms with Crippen molar-refractivity contribution in [2.24, 2.45) is 11.8 Å². The Kier molecular flexibility index (Phi) is 5.69. The second kappa shape index (κ2) is 7.99. The Balaban J connectivity index is 1.37. The molecule has 0 bridgehead atoms. The third kappa shape index (κ3) is 4.41. The number of hydrogen-bond acceptors (Lipinski definition) is 4. The maximum atomic E-state index is 12.3. The third-order valence-corrected chi connectivity index (χ3v) is 7.18. The van der Waals surface area contributed by atoms with E-state index in [9.17, 15) is 9.59 Å². The Morgan fingerprint density at radius 3 is 2.77 bits per heavy atom. The quantitative estimate of drug-likeness (QED) is 0.707. The topological polar surface area (TPSA) is 64.6 Å². The van der Waals surface area contributed by atoms with Crippen molar-refractivity contribution in [1.29, 1.82) is 0 Å². The van der Waals surface area contributed by atoms with Gasteiger partial charge in [-0.15, -0.1) is 0 Å². The van der Waals surface area contributed by atoms with Crippen LogP contribution in [0.15, 0.2) is 18.2 Å². The van der Waals surface area contributed by atoms with Crippen molar-refractivity contribution in [3.05, 3.63) is 29.3 Å². The lowest BCUT2D eigenvalue weighted by Gasteiger charge is -2.48. The highest BCUT2D eigenvalue weighted by Gasteiger charge is 2.51. The summed E-state index contributed by atoms with van der Waals surface area (Å²) >= 11 is 0. The first kappa shape index (κ1) is 21.4. The van der Waals surface area contributed by atoms with E-state index in [1.807, 2.05) is 26.8 Å². The molecule has 4 atom stereocenters. The molecule has 4 rings (SSSR count). The summed E-state index contributed by atoms with van der Waals surface area (Å²) in [6.45, 7) is 8.71. The van der Waals surface area contributed by atoms with Crippen molar-refractivity contribution in [3.8, 4) is 0 Å². The Bertz CT molecular complexity index is 827. The predicted molar refractivity (Wildman–Crippen MR) is 116 cm³/mol. The number of fused-ring (bicyclic) bond motifs is 5. The summed E-state index contributed by atoms with van der Waals surface area (Å²) in [5.74, 6) is 1.52. The molecule has 1 saturated heterocycles. The molecule has 1 aromatic rings. The molecule has 0 aromatic heterocycles. The fourth-order valence-electron chi connectivity index (χ4n) is 5.90. The van der Waals surface area contributed by atoms with Crippen LogP contribution in [-0.2, 0) is 25.5 Å². The van der Waals surface area contributed by atoms with Gasteiger partial charge < -0.3 is 14.8 Å². The van der Waals surface area contributed by atoms with Crippen LogP contribution in [-0.4, -0.2) is 29.7 Å². The van der Waals surface area contributed by atoms with E-state index in [-0.39, 0.29) is 30.3 Å². The molecule has 1 aromatic carbocycles. The summed E-state index contributed by atoms with van der Waals surface area (Å²) in [6, 6.07) is 6.37. The number of esters is 1. The Morgan fingerprint density at radius 1 is 1.20 bits per heavy atom. The third-order valence-electron chi connectivity index (χ3n) is 7.18. The van der Waals surface area contributed by atoms with Gasteiger partial charge in [-0.05, 0) is 101 Å². The van der Waals surface area contributed by atoms with Crippen LogP contribution in [0.3, 0.4) is 0 Å². The molecule has 1 heterocycles. The minimum atomic E-state index is -0.523. The first-order chi connectivity index (χ1) is 14.1. The van der Waals surface area contributed by atoms with Crippen molar-refractivity contribution in [2.75, 3.05) is 11.9 Å². The zero-order valence-corrected chi connectivity index (χ0v) is 18.8. The van der Waals surface area contributed by atoms with Crippen LogP contribution >= 0.6 is 0 Å². The zero-order chi connectivity index (χ0) is 21.5. The van der Waals surface area contributed by atoms with Crippen LogP contribution in [0.25, 0.3) is 0 Å². The van der Waals surface area contributed by atoms with Crippen LogP contribution in [0, 0.1) is 11.8 Å². The fourth-order valence-corrected chi connectivity index (χ4v) is 5.90. The van der Waals surface area contributed by atoms with Crippen LogP contribution < -0.4 is 5.32 Å². The normalized spacial score (nSPS) is 30.1. The number of benzene rings is 1. The molecule has 0 spiro atoms. The molecular formula is C25H35NO4. The van der Waals surface area contributed by atoms with Gasteiger partial charge in [0.15, 0.2) is 0 Å². The number of carbonyl (C=O) groups is 2. The van der Waals surface area contributed by atoms with Gasteiger partial charge in [-0.1, -0.05) is 6.07 Å². The van der Waals surface area contributed by atoms with Gasteiger partial charge in [-0.3, -0.25) is 9.59 Å². The smallest absolute Gasteiger partial charge is 0.306 e. The molecule has 1 amide bonds. The zero-order valence-electron chi connectivity index (χ0n) is 18.8. The summed E-state index contributed by atoms with van der Waals surface area (Å²) < 4.78 is 11.4. The largest absolute Gasteiger partial charge is 0.460 e. The molecule has 164 valence electrons. The number of aryl methyl sites for hydroxylation is 1. The van der Waals surface area contributed by atoms with Gasteiger partial charge in [0.05, 0.1) is 12.0 Å². The summed E-state index contributed by atoms with van der Waals surface area (Å²) in [4.78, 5) is 24.1. The van der Waals surface area contributed by atoms with Gasteiger partial charge in [0.1, 0.15) is 5.60 Å². The Hall–Kier alpha value is -1.88. The molecule has 1 saturated carbocycles. The van der Waals surface area contributed by atoms with E-state index < -0.39 is 5.60 Å². The van der Waals surface area contributed by atoms with Gasteiger partial charge in [0.25, 0.3) is 0 Å². The van der Waals surface area contributed by atoms with E-state index in [0.717, 1.165) is 25.1 Å². The van der Waals surface area contributed by atoms with Gasteiger partial charge in [-0.2, -0.15) is 0 Å². The second-order valence-electron chi connectivity index (χ2n) is 10.5. The average molecular weight is 414 g/mol. The highest BCUT2D eigenvalue weighted by molar-refractivity contribution is 5.92. The lowest BCUT2D eigenvalue weighted by molar-refractivity contribution is -0.155. The van der Waals surface area contributed by atoms with Crippen molar-refractivity contribution in [2.45, 2.75) is 89.8 Å². The number of anilines is 1. The second-order valence-corrected chi connectivity index (χ2v) is 10.5. The van der Waals surface area contributed by atoms with E-state index in [2.05, 4.69) is 24.4 Å². The van der Waals surface area contributed by atoms with E-state index in [0.29, 0.717) is 17.8 Å². The molecule has 2 fully saturated rings. The summed E-state index contributed by atoms with van der Waals surface area (Å²) in [5.41, 5.74) is 3.22. The van der Waals surface area contributed by atoms with E-state index in [4.69, 9.17) is 9.47 Å². The van der Waals surface area contributed by atoms with Gasteiger partial charge >= 0.3 is 5.97 Å². The Morgan fingerprint density at radius 2 is 2.00 bits per heavy atom. The maximum absolute atomic E-state index is 12.3. The first-order valence-corrected chi connectivity index (χ1v) is 11.4.